The summed E-state index contributed by atoms with van der Waals surface area (Å²) in [5.74, 6) is 1.14. The van der Waals surface area contributed by atoms with Crippen LogP contribution in [0.4, 0.5) is 0 Å². The largest absolute Gasteiger partial charge is 0.336 e. The van der Waals surface area contributed by atoms with Crippen LogP contribution in [0.2, 0.25) is 0 Å². The van der Waals surface area contributed by atoms with Crippen LogP contribution in [0, 0.1) is 6.92 Å². The average Bonchev–Trinajstić information content (AvgIpc) is 3.31. The zero-order valence-electron chi connectivity index (χ0n) is 14.6. The number of hydrogen-bond acceptors (Lipinski definition) is 4. The molecule has 1 fully saturated rings. The van der Waals surface area contributed by atoms with Gasteiger partial charge in [0.25, 0.3) is 0 Å². The van der Waals surface area contributed by atoms with E-state index in [2.05, 4.69) is 15.3 Å². The van der Waals surface area contributed by atoms with E-state index < -0.39 is 0 Å². The second-order valence-electron chi connectivity index (χ2n) is 6.65. The molecule has 7 nitrogen and oxygen atoms in total. The number of imidazole rings is 1. The number of aryl methyl sites for hydroxylation is 3. The van der Waals surface area contributed by atoms with Gasteiger partial charge in [-0.15, -0.1) is 5.10 Å². The van der Waals surface area contributed by atoms with Crippen molar-refractivity contribution in [2.45, 2.75) is 38.8 Å². The summed E-state index contributed by atoms with van der Waals surface area (Å²) >= 11 is 0. The molecule has 1 saturated heterocycles. The van der Waals surface area contributed by atoms with Crippen molar-refractivity contribution in [3.63, 3.8) is 0 Å². The summed E-state index contributed by atoms with van der Waals surface area (Å²) in [6.45, 7) is 3.33. The number of hydrogen-bond donors (Lipinski definition) is 0. The van der Waals surface area contributed by atoms with E-state index in [1.54, 1.807) is 0 Å². The molecular weight excluding hydrogens is 316 g/mol. The van der Waals surface area contributed by atoms with Gasteiger partial charge in [0.05, 0.1) is 23.8 Å². The molecule has 1 aliphatic heterocycles. The highest BCUT2D eigenvalue weighted by molar-refractivity contribution is 5.77. The van der Waals surface area contributed by atoms with Crippen LogP contribution in [0.5, 0.6) is 0 Å². The highest BCUT2D eigenvalue weighted by Crippen LogP contribution is 2.31. The molecule has 4 rings (SSSR count). The Balaban J connectivity index is 1.48. The van der Waals surface area contributed by atoms with Gasteiger partial charge in [0.15, 0.2) is 0 Å². The van der Waals surface area contributed by atoms with Gasteiger partial charge < -0.3 is 9.47 Å². The van der Waals surface area contributed by atoms with Gasteiger partial charge in [-0.05, 0) is 31.9 Å². The lowest BCUT2D eigenvalue weighted by molar-refractivity contribution is -0.132. The van der Waals surface area contributed by atoms with Crippen LogP contribution in [0.1, 0.15) is 36.8 Å². The van der Waals surface area contributed by atoms with Gasteiger partial charge in [-0.3, -0.25) is 4.79 Å². The summed E-state index contributed by atoms with van der Waals surface area (Å²) in [6, 6.07) is 7.90. The molecule has 0 aliphatic carbocycles. The number of nitrogens with zero attached hydrogens (tertiary/aromatic N) is 6. The molecule has 25 heavy (non-hydrogen) atoms. The molecule has 130 valence electrons. The molecule has 3 aromatic rings. The van der Waals surface area contributed by atoms with E-state index in [4.69, 9.17) is 0 Å². The molecule has 1 unspecified atom stereocenters. The molecule has 0 N–H and O–H groups in total. The Bertz CT molecular complexity index is 911. The summed E-state index contributed by atoms with van der Waals surface area (Å²) in [5.41, 5.74) is 2.82. The SMILES string of the molecule is Cc1cn(C)c(C2CCCN2C(=O)CCn2nnc3ccccc32)n1. The average molecular weight is 338 g/mol. The number of carbonyl (C=O) groups is 1. The van der Waals surface area contributed by atoms with Crippen LogP contribution < -0.4 is 0 Å². The molecule has 7 heteroatoms. The standard InChI is InChI=1S/C18H22N6O/c1-13-12-22(2)18(19-13)16-8-5-10-23(16)17(25)9-11-24-15-7-4-3-6-14(15)20-21-24/h3-4,6-7,12,16H,5,8-11H2,1-2H3. The summed E-state index contributed by atoms with van der Waals surface area (Å²) in [4.78, 5) is 19.4. The Morgan fingerprint density at radius 2 is 2.16 bits per heavy atom. The van der Waals surface area contributed by atoms with Crippen molar-refractivity contribution in [2.75, 3.05) is 6.54 Å². The van der Waals surface area contributed by atoms with Crippen molar-refractivity contribution in [1.82, 2.24) is 29.4 Å². The van der Waals surface area contributed by atoms with Crippen LogP contribution in [0.25, 0.3) is 11.0 Å². The molecule has 1 aromatic carbocycles. The molecule has 1 aliphatic rings. The second-order valence-corrected chi connectivity index (χ2v) is 6.65. The van der Waals surface area contributed by atoms with Crippen molar-refractivity contribution in [1.29, 1.82) is 0 Å². The van der Waals surface area contributed by atoms with Gasteiger partial charge in [-0.25, -0.2) is 9.67 Å². The fourth-order valence-electron chi connectivity index (χ4n) is 3.71. The molecule has 0 spiro atoms. The number of benzene rings is 1. The molecule has 1 amide bonds. The van der Waals surface area contributed by atoms with Crippen LogP contribution in [-0.2, 0) is 18.4 Å². The molecule has 0 bridgehead atoms. The fraction of sp³-hybridized carbons (Fsp3) is 0.444. The van der Waals surface area contributed by atoms with Gasteiger partial charge in [0.1, 0.15) is 11.3 Å². The van der Waals surface area contributed by atoms with E-state index in [9.17, 15) is 4.79 Å². The van der Waals surface area contributed by atoms with E-state index >= 15 is 0 Å². The number of carbonyl (C=O) groups excluding carboxylic acids is 1. The molecule has 3 heterocycles. The van der Waals surface area contributed by atoms with E-state index in [0.29, 0.717) is 13.0 Å². The fourth-order valence-corrected chi connectivity index (χ4v) is 3.71. The Labute approximate surface area is 146 Å². The Kier molecular flexibility index (Phi) is 3.99. The minimum absolute atomic E-state index is 0.0821. The predicted octanol–water partition coefficient (Wildman–Crippen LogP) is 2.23. The first-order valence-corrected chi connectivity index (χ1v) is 8.71. The van der Waals surface area contributed by atoms with Gasteiger partial charge in [-0.1, -0.05) is 17.3 Å². The van der Waals surface area contributed by atoms with Gasteiger partial charge in [0, 0.05) is 26.2 Å². The molecule has 2 aromatic heterocycles. The summed E-state index contributed by atoms with van der Waals surface area (Å²) in [5, 5.41) is 8.31. The third-order valence-corrected chi connectivity index (χ3v) is 4.86. The minimum atomic E-state index is 0.0821. The lowest BCUT2D eigenvalue weighted by Gasteiger charge is -2.24. The van der Waals surface area contributed by atoms with Gasteiger partial charge in [-0.2, -0.15) is 0 Å². The monoisotopic (exact) mass is 338 g/mol. The smallest absolute Gasteiger partial charge is 0.225 e. The van der Waals surface area contributed by atoms with Crippen molar-refractivity contribution in [2.24, 2.45) is 7.05 Å². The zero-order valence-corrected chi connectivity index (χ0v) is 14.6. The van der Waals surface area contributed by atoms with E-state index in [1.807, 2.05) is 58.6 Å². The Morgan fingerprint density at radius 1 is 1.32 bits per heavy atom. The van der Waals surface area contributed by atoms with Crippen molar-refractivity contribution < 1.29 is 4.79 Å². The van der Waals surface area contributed by atoms with E-state index in [1.165, 1.54) is 0 Å². The minimum Gasteiger partial charge on any atom is -0.336 e. The van der Waals surface area contributed by atoms with Gasteiger partial charge in [0.2, 0.25) is 5.91 Å². The highest BCUT2D eigenvalue weighted by atomic mass is 16.2. The quantitative estimate of drug-likeness (QED) is 0.731. The number of likely N-dealkylation sites (tertiary alicyclic amines) is 1. The zero-order chi connectivity index (χ0) is 17.4. The maximum absolute atomic E-state index is 12.8. The first-order valence-electron chi connectivity index (χ1n) is 8.71. The number of para-hydroxylation sites is 1. The van der Waals surface area contributed by atoms with Gasteiger partial charge >= 0.3 is 0 Å². The third-order valence-electron chi connectivity index (χ3n) is 4.86. The normalized spacial score (nSPS) is 17.5. The topological polar surface area (TPSA) is 68.8 Å². The molecular formula is C18H22N6O. The molecule has 0 saturated carbocycles. The van der Waals surface area contributed by atoms with E-state index in [0.717, 1.165) is 41.9 Å². The first-order chi connectivity index (χ1) is 12.1. The van der Waals surface area contributed by atoms with Crippen molar-refractivity contribution >= 4 is 16.9 Å². The number of aromatic nitrogens is 5. The lowest BCUT2D eigenvalue weighted by Crippen LogP contribution is -2.32. The molecule has 0 radical (unpaired) electrons. The number of amides is 1. The predicted molar refractivity (Wildman–Crippen MR) is 93.8 cm³/mol. The second kappa shape index (κ2) is 6.31. The van der Waals surface area contributed by atoms with Crippen LogP contribution in [0.3, 0.4) is 0 Å². The maximum atomic E-state index is 12.8. The van der Waals surface area contributed by atoms with E-state index in [-0.39, 0.29) is 11.9 Å². The van der Waals surface area contributed by atoms with Crippen LogP contribution in [-0.4, -0.2) is 41.9 Å². The third kappa shape index (κ3) is 2.90. The van der Waals surface area contributed by atoms with Crippen LogP contribution >= 0.6 is 0 Å². The first kappa shape index (κ1) is 15.8. The summed E-state index contributed by atoms with van der Waals surface area (Å²) < 4.78 is 3.85. The molecule has 1 atom stereocenters. The lowest BCUT2D eigenvalue weighted by atomic mass is 10.2. The number of rotatable bonds is 4. The number of fused-ring (bicyclic) bond motifs is 1. The Hall–Kier alpha value is -2.70. The van der Waals surface area contributed by atoms with Crippen molar-refractivity contribution in [3.05, 3.63) is 42.0 Å². The van der Waals surface area contributed by atoms with Crippen molar-refractivity contribution in [3.8, 4) is 0 Å². The maximum Gasteiger partial charge on any atom is 0.225 e. The Morgan fingerprint density at radius 3 is 2.96 bits per heavy atom. The summed E-state index contributed by atoms with van der Waals surface area (Å²) in [6.07, 6.45) is 4.43. The summed E-state index contributed by atoms with van der Waals surface area (Å²) in [7, 11) is 2.00. The van der Waals surface area contributed by atoms with Crippen LogP contribution in [0.15, 0.2) is 30.5 Å². The highest BCUT2D eigenvalue weighted by Gasteiger charge is 2.32.